The molecule has 0 saturated carbocycles. The lowest BCUT2D eigenvalue weighted by Crippen LogP contribution is -2.53. The van der Waals surface area contributed by atoms with Crippen LogP contribution < -0.4 is 11.1 Å². The molecule has 2 amide bonds. The lowest BCUT2D eigenvalue weighted by molar-refractivity contribution is -0.130. The minimum atomic E-state index is -0.703. The van der Waals surface area contributed by atoms with Crippen LogP contribution >= 0.6 is 11.9 Å². The molecule has 3 rings (SSSR count). The summed E-state index contributed by atoms with van der Waals surface area (Å²) in [6.45, 7) is 0.845. The average Bonchev–Trinajstić information content (AvgIpc) is 2.69. The molecule has 1 aliphatic rings. The average molecular weight is 384 g/mol. The van der Waals surface area contributed by atoms with E-state index in [2.05, 4.69) is 9.62 Å². The highest BCUT2D eigenvalue weighted by Crippen LogP contribution is 2.30. The Kier molecular flexibility index (Phi) is 6.90. The summed E-state index contributed by atoms with van der Waals surface area (Å²) in [5.41, 5.74) is 6.52. The van der Waals surface area contributed by atoms with Gasteiger partial charge in [0.1, 0.15) is 6.04 Å². The van der Waals surface area contributed by atoms with Crippen molar-refractivity contribution in [3.8, 4) is 0 Å². The molecule has 1 saturated heterocycles. The van der Waals surface area contributed by atoms with Gasteiger partial charge in [0.25, 0.3) is 0 Å². The quantitative estimate of drug-likeness (QED) is 0.721. The zero-order valence-corrected chi connectivity index (χ0v) is 16.0. The van der Waals surface area contributed by atoms with E-state index in [1.807, 2.05) is 60.7 Å². The van der Waals surface area contributed by atoms with Crippen molar-refractivity contribution < 1.29 is 9.59 Å². The monoisotopic (exact) mass is 383 g/mol. The van der Waals surface area contributed by atoms with Crippen molar-refractivity contribution in [3.05, 3.63) is 66.2 Å². The summed E-state index contributed by atoms with van der Waals surface area (Å²) in [4.78, 5) is 25.9. The molecule has 0 aliphatic carbocycles. The number of rotatable bonds is 7. The highest BCUT2D eigenvalue weighted by Gasteiger charge is 2.31. The predicted molar refractivity (Wildman–Crippen MR) is 108 cm³/mol. The molecule has 0 bridgehead atoms. The maximum absolute atomic E-state index is 12.9. The molecule has 27 heavy (non-hydrogen) atoms. The number of piperidine rings is 1. The van der Waals surface area contributed by atoms with Crippen LogP contribution in [0.3, 0.4) is 0 Å². The zero-order chi connectivity index (χ0) is 19.1. The maximum Gasteiger partial charge on any atom is 0.240 e. The molecule has 6 heteroatoms. The minimum Gasteiger partial charge on any atom is -0.368 e. The fourth-order valence-corrected chi connectivity index (χ4v) is 4.33. The maximum atomic E-state index is 12.9. The first kappa shape index (κ1) is 19.5. The number of hydrogen-bond donors (Lipinski definition) is 2. The molecule has 2 atom stereocenters. The molecule has 1 aliphatic heterocycles. The second kappa shape index (κ2) is 9.58. The third kappa shape index (κ3) is 5.58. The van der Waals surface area contributed by atoms with Gasteiger partial charge in [0, 0.05) is 17.9 Å². The summed E-state index contributed by atoms with van der Waals surface area (Å²) in [7, 11) is 0. The van der Waals surface area contributed by atoms with Gasteiger partial charge in [-0.1, -0.05) is 55.0 Å². The van der Waals surface area contributed by atoms with E-state index in [0.29, 0.717) is 6.42 Å². The summed E-state index contributed by atoms with van der Waals surface area (Å²) in [6.07, 6.45) is 3.25. The molecule has 2 unspecified atom stereocenters. The molecule has 1 fully saturated rings. The molecule has 1 heterocycles. The number of hydrogen-bond acceptors (Lipinski definition) is 4. The van der Waals surface area contributed by atoms with Gasteiger partial charge in [0.15, 0.2) is 0 Å². The number of carbonyl (C=O) groups excluding carboxylic acids is 2. The van der Waals surface area contributed by atoms with E-state index in [1.54, 1.807) is 11.9 Å². The Morgan fingerprint density at radius 2 is 1.74 bits per heavy atom. The molecule has 5 nitrogen and oxygen atoms in total. The second-order valence-corrected chi connectivity index (χ2v) is 7.83. The molecule has 2 aromatic carbocycles. The van der Waals surface area contributed by atoms with Gasteiger partial charge >= 0.3 is 0 Å². The van der Waals surface area contributed by atoms with Gasteiger partial charge in [-0.2, -0.15) is 0 Å². The second-order valence-electron chi connectivity index (χ2n) is 6.71. The lowest BCUT2D eigenvalue weighted by Gasteiger charge is -2.34. The van der Waals surface area contributed by atoms with Gasteiger partial charge in [0.05, 0.1) is 6.04 Å². The van der Waals surface area contributed by atoms with Crippen LogP contribution in [0.5, 0.6) is 0 Å². The van der Waals surface area contributed by atoms with Crippen molar-refractivity contribution >= 4 is 23.8 Å². The van der Waals surface area contributed by atoms with Gasteiger partial charge < -0.3 is 11.1 Å². The lowest BCUT2D eigenvalue weighted by atomic mass is 10.0. The number of amides is 2. The Morgan fingerprint density at radius 1 is 1.07 bits per heavy atom. The Balaban J connectivity index is 1.66. The first-order valence-electron chi connectivity index (χ1n) is 9.27. The zero-order valence-electron chi connectivity index (χ0n) is 15.2. The third-order valence-corrected chi connectivity index (χ3v) is 5.82. The molecule has 142 valence electrons. The van der Waals surface area contributed by atoms with Crippen molar-refractivity contribution in [2.45, 2.75) is 42.7 Å². The van der Waals surface area contributed by atoms with E-state index in [-0.39, 0.29) is 11.9 Å². The van der Waals surface area contributed by atoms with Crippen molar-refractivity contribution in [1.82, 2.24) is 9.62 Å². The van der Waals surface area contributed by atoms with Crippen molar-refractivity contribution in [2.75, 3.05) is 6.54 Å². The van der Waals surface area contributed by atoms with Crippen molar-refractivity contribution in [2.24, 2.45) is 5.73 Å². The van der Waals surface area contributed by atoms with Crippen LogP contribution in [0.15, 0.2) is 65.6 Å². The summed E-state index contributed by atoms with van der Waals surface area (Å²) in [5, 5.41) is 2.88. The van der Waals surface area contributed by atoms with Crippen LogP contribution in [0.25, 0.3) is 0 Å². The van der Waals surface area contributed by atoms with Crippen LogP contribution in [0.1, 0.15) is 24.8 Å². The van der Waals surface area contributed by atoms with Crippen LogP contribution in [0.4, 0.5) is 0 Å². The first-order valence-corrected chi connectivity index (χ1v) is 10.0. The fourth-order valence-electron chi connectivity index (χ4n) is 3.23. The molecular formula is C21H25N3O2S. The highest BCUT2D eigenvalue weighted by atomic mass is 32.2. The standard InChI is InChI=1S/C21H25N3O2S/c22-20(25)18(15-16-9-3-1-4-10-16)23-21(26)19-13-7-8-14-24(19)27-17-11-5-2-6-12-17/h1-6,9-12,18-19H,7-8,13-15H2,(H2,22,25)(H,23,26). The predicted octanol–water partition coefficient (Wildman–Crippen LogP) is 2.76. The third-order valence-electron chi connectivity index (χ3n) is 4.66. The van der Waals surface area contributed by atoms with Crippen molar-refractivity contribution in [1.29, 1.82) is 0 Å². The van der Waals surface area contributed by atoms with E-state index in [1.165, 1.54) is 0 Å². The van der Waals surface area contributed by atoms with Crippen molar-refractivity contribution in [3.63, 3.8) is 0 Å². The SMILES string of the molecule is NC(=O)C(Cc1ccccc1)NC(=O)C1CCCCN1Sc1ccccc1. The Bertz CT molecular complexity index is 755. The van der Waals surface area contributed by atoms with E-state index < -0.39 is 11.9 Å². The minimum absolute atomic E-state index is 0.127. The molecule has 2 aromatic rings. The molecular weight excluding hydrogens is 358 g/mol. The smallest absolute Gasteiger partial charge is 0.240 e. The summed E-state index contributed by atoms with van der Waals surface area (Å²) in [5.74, 6) is -0.636. The Labute approximate surface area is 164 Å². The molecule has 0 spiro atoms. The number of nitrogens with zero attached hydrogens (tertiary/aromatic N) is 1. The van der Waals surface area contributed by atoms with Gasteiger partial charge in [0.2, 0.25) is 11.8 Å². The van der Waals surface area contributed by atoms with E-state index in [9.17, 15) is 9.59 Å². The number of nitrogens with two attached hydrogens (primary N) is 1. The number of nitrogens with one attached hydrogen (secondary N) is 1. The fraction of sp³-hybridized carbons (Fsp3) is 0.333. The van der Waals surface area contributed by atoms with E-state index in [4.69, 9.17) is 5.73 Å². The molecule has 0 radical (unpaired) electrons. The summed E-state index contributed by atoms with van der Waals surface area (Å²) < 4.78 is 2.12. The Hall–Kier alpha value is -2.31. The van der Waals surface area contributed by atoms with E-state index in [0.717, 1.165) is 36.3 Å². The molecule has 0 aromatic heterocycles. The van der Waals surface area contributed by atoms with E-state index >= 15 is 0 Å². The Morgan fingerprint density at radius 3 is 2.41 bits per heavy atom. The normalized spacial score (nSPS) is 18.6. The topological polar surface area (TPSA) is 75.4 Å². The van der Waals surface area contributed by atoms with Crippen LogP contribution in [0, 0.1) is 0 Å². The van der Waals surface area contributed by atoms with Gasteiger partial charge in [-0.25, -0.2) is 4.31 Å². The van der Waals surface area contributed by atoms with Gasteiger partial charge in [-0.05, 0) is 42.5 Å². The van der Waals surface area contributed by atoms with Crippen LogP contribution in [-0.4, -0.2) is 34.7 Å². The summed E-state index contributed by atoms with van der Waals surface area (Å²) in [6, 6.07) is 18.7. The molecule has 3 N–H and O–H groups in total. The first-order chi connectivity index (χ1) is 13.1. The highest BCUT2D eigenvalue weighted by molar-refractivity contribution is 7.97. The van der Waals surface area contributed by atoms with Crippen LogP contribution in [-0.2, 0) is 16.0 Å². The number of carbonyl (C=O) groups is 2. The summed E-state index contributed by atoms with van der Waals surface area (Å²) >= 11 is 1.60. The van der Waals surface area contributed by atoms with Gasteiger partial charge in [-0.15, -0.1) is 0 Å². The van der Waals surface area contributed by atoms with Gasteiger partial charge in [-0.3, -0.25) is 9.59 Å². The van der Waals surface area contributed by atoms with Crippen LogP contribution in [0.2, 0.25) is 0 Å². The number of benzene rings is 2. The largest absolute Gasteiger partial charge is 0.368 e. The number of primary amides is 1.